The molecule has 1 aliphatic heterocycles. The number of hydrogen-bond acceptors (Lipinski definition) is 7. The van der Waals surface area contributed by atoms with Gasteiger partial charge in [-0.2, -0.15) is 4.98 Å². The molecule has 0 spiro atoms. The summed E-state index contributed by atoms with van der Waals surface area (Å²) in [5.74, 6) is 0.139. The first-order valence-electron chi connectivity index (χ1n) is 9.93. The van der Waals surface area contributed by atoms with Crippen LogP contribution in [0.4, 0.5) is 19.4 Å². The number of aromatic nitrogens is 6. The Morgan fingerprint density at radius 1 is 1.09 bits per heavy atom. The lowest BCUT2D eigenvalue weighted by atomic mass is 10.0. The number of aryl methyl sites for hydroxylation is 1. The number of halogens is 5. The van der Waals surface area contributed by atoms with E-state index in [9.17, 15) is 24.2 Å². The van der Waals surface area contributed by atoms with E-state index in [4.69, 9.17) is 9.26 Å². The Hall–Kier alpha value is -3.33. The Labute approximate surface area is 187 Å². The van der Waals surface area contributed by atoms with Crippen LogP contribution in [0.1, 0.15) is 35.7 Å². The average molecular weight is 504 g/mol. The summed E-state index contributed by atoms with van der Waals surface area (Å²) in [5, 5.41) is 3.92. The van der Waals surface area contributed by atoms with Crippen LogP contribution in [-0.2, 0) is 18.3 Å². The molecule has 15 heteroatoms. The summed E-state index contributed by atoms with van der Waals surface area (Å²) in [6.07, 6.45) is 2.51. The van der Waals surface area contributed by atoms with E-state index in [-0.39, 0.29) is 30.5 Å². The molecular formula is C19H17F5N6O3S. The van der Waals surface area contributed by atoms with Crippen LogP contribution in [0.15, 0.2) is 51.1 Å². The maximum Gasteiger partial charge on any atom is 0.310 e. The van der Waals surface area contributed by atoms with Gasteiger partial charge in [-0.25, -0.2) is 9.97 Å². The molecule has 0 aliphatic carbocycles. The van der Waals surface area contributed by atoms with Gasteiger partial charge in [-0.05, 0) is 24.1 Å². The fraction of sp³-hybridized carbons (Fsp3) is 0.316. The van der Waals surface area contributed by atoms with Crippen LogP contribution in [0, 0.1) is 0 Å². The minimum absolute atomic E-state index is 0.0210. The smallest absolute Gasteiger partial charge is 0.310 e. The molecule has 4 heterocycles. The lowest BCUT2D eigenvalue weighted by Crippen LogP contribution is -2.22. The molecule has 0 unspecified atom stereocenters. The van der Waals surface area contributed by atoms with Crippen molar-refractivity contribution in [1.29, 1.82) is 0 Å². The van der Waals surface area contributed by atoms with Gasteiger partial charge in [0.15, 0.2) is 17.0 Å². The highest BCUT2D eigenvalue weighted by atomic mass is 32.5. The minimum atomic E-state index is -9.73. The molecular weight excluding hydrogens is 487 g/mol. The summed E-state index contributed by atoms with van der Waals surface area (Å²) in [4.78, 5) is 23.1. The highest BCUT2D eigenvalue weighted by molar-refractivity contribution is 8.45. The van der Waals surface area contributed by atoms with Crippen LogP contribution < -0.4 is 5.56 Å². The normalized spacial score (nSPS) is 21.0. The van der Waals surface area contributed by atoms with Gasteiger partial charge >= 0.3 is 10.2 Å². The number of ether oxygens (including phenoxy) is 1. The van der Waals surface area contributed by atoms with Crippen molar-refractivity contribution in [3.63, 3.8) is 0 Å². The summed E-state index contributed by atoms with van der Waals surface area (Å²) in [6, 6.07) is 2.70. The van der Waals surface area contributed by atoms with E-state index in [1.165, 1.54) is 17.2 Å². The van der Waals surface area contributed by atoms with Gasteiger partial charge in [0.25, 0.3) is 5.56 Å². The van der Waals surface area contributed by atoms with Crippen LogP contribution in [-0.4, -0.2) is 35.8 Å². The van der Waals surface area contributed by atoms with E-state index < -0.39 is 21.2 Å². The molecule has 5 rings (SSSR count). The van der Waals surface area contributed by atoms with E-state index in [1.54, 1.807) is 11.6 Å². The van der Waals surface area contributed by atoms with Crippen molar-refractivity contribution >= 4 is 21.4 Å². The maximum atomic E-state index is 12.9. The topological polar surface area (TPSA) is 101 Å². The van der Waals surface area contributed by atoms with Gasteiger partial charge in [0, 0.05) is 13.0 Å². The number of benzene rings is 1. The van der Waals surface area contributed by atoms with Gasteiger partial charge in [-0.1, -0.05) is 36.7 Å². The average Bonchev–Trinajstić information content (AvgIpc) is 3.49. The van der Waals surface area contributed by atoms with E-state index in [1.807, 2.05) is 0 Å². The van der Waals surface area contributed by atoms with Crippen molar-refractivity contribution in [2.75, 3.05) is 6.61 Å². The van der Waals surface area contributed by atoms with Gasteiger partial charge in [0.2, 0.25) is 5.89 Å². The molecule has 182 valence electrons. The summed E-state index contributed by atoms with van der Waals surface area (Å²) >= 11 is 0. The van der Waals surface area contributed by atoms with Crippen LogP contribution in [0.2, 0.25) is 0 Å². The summed E-state index contributed by atoms with van der Waals surface area (Å²) in [5.41, 5.74) is 0.645. The monoisotopic (exact) mass is 504 g/mol. The lowest BCUT2D eigenvalue weighted by molar-refractivity contribution is 0.110. The van der Waals surface area contributed by atoms with Gasteiger partial charge < -0.3 is 13.8 Å². The highest BCUT2D eigenvalue weighted by Crippen LogP contribution is 3.02. The molecule has 34 heavy (non-hydrogen) atoms. The maximum absolute atomic E-state index is 12.9. The molecule has 0 radical (unpaired) electrons. The Kier molecular flexibility index (Phi) is 4.53. The van der Waals surface area contributed by atoms with Crippen LogP contribution in [0.25, 0.3) is 11.2 Å². The van der Waals surface area contributed by atoms with Crippen molar-refractivity contribution in [1.82, 2.24) is 29.2 Å². The van der Waals surface area contributed by atoms with Gasteiger partial charge in [-0.3, -0.25) is 9.36 Å². The number of nitrogens with zero attached hydrogens (tertiary/aromatic N) is 6. The second-order valence-corrected chi connectivity index (χ2v) is 10.5. The molecule has 0 saturated carbocycles. The van der Waals surface area contributed by atoms with Gasteiger partial charge in [0.1, 0.15) is 17.8 Å². The second kappa shape index (κ2) is 6.85. The van der Waals surface area contributed by atoms with Crippen LogP contribution in [0.5, 0.6) is 0 Å². The number of rotatable bonds is 5. The SMILES string of the molecule is Cn1cnc2ncn(Cc3nc([C@@H]4CO[C@@H](c5ccc(S(F)(F)(F)(F)F)cc5)C4)no3)c(=O)c21. The number of fused-ring (bicyclic) bond motifs is 1. The first-order chi connectivity index (χ1) is 15.8. The molecule has 1 aromatic carbocycles. The third-order valence-corrected chi connectivity index (χ3v) is 6.71. The van der Waals surface area contributed by atoms with Crippen molar-refractivity contribution < 1.29 is 28.7 Å². The first-order valence-corrected chi connectivity index (χ1v) is 11.9. The molecule has 1 fully saturated rings. The Bertz CT molecular complexity index is 1450. The van der Waals surface area contributed by atoms with Crippen molar-refractivity contribution in [2.24, 2.45) is 7.05 Å². The standard InChI is InChI=1S/C19H17F5N6O3S/c1-29-9-25-18-16(29)19(31)30(10-26-18)7-15-27-17(28-33-15)12-6-14(32-8-12)11-2-4-13(5-3-11)34(20,21,22,23)24/h2-5,9-10,12,14H,6-8H2,1H3/t12-,14+/m0/s1. The van der Waals surface area contributed by atoms with Crippen LogP contribution in [0.3, 0.4) is 0 Å². The zero-order valence-electron chi connectivity index (χ0n) is 17.4. The lowest BCUT2D eigenvalue weighted by Gasteiger charge is -2.40. The third-order valence-electron chi connectivity index (χ3n) is 5.55. The molecule has 0 amide bonds. The predicted molar refractivity (Wildman–Crippen MR) is 110 cm³/mol. The molecule has 0 bridgehead atoms. The van der Waals surface area contributed by atoms with Crippen molar-refractivity contribution in [3.8, 4) is 0 Å². The van der Waals surface area contributed by atoms with E-state index >= 15 is 0 Å². The molecule has 2 atom stereocenters. The van der Waals surface area contributed by atoms with Crippen LogP contribution >= 0.6 is 10.2 Å². The summed E-state index contributed by atoms with van der Waals surface area (Å²) in [7, 11) is -8.05. The van der Waals surface area contributed by atoms with E-state index in [0.29, 0.717) is 41.1 Å². The zero-order chi connectivity index (χ0) is 24.4. The van der Waals surface area contributed by atoms with Gasteiger partial charge in [0.05, 0.1) is 19.0 Å². The molecule has 3 aromatic heterocycles. The second-order valence-electron chi connectivity index (χ2n) is 8.04. The molecule has 1 saturated heterocycles. The van der Waals surface area contributed by atoms with Crippen molar-refractivity contribution in [2.45, 2.75) is 29.9 Å². The van der Waals surface area contributed by atoms with E-state index in [0.717, 1.165) is 12.1 Å². The fourth-order valence-electron chi connectivity index (χ4n) is 3.81. The molecule has 0 N–H and O–H groups in total. The highest BCUT2D eigenvalue weighted by Gasteiger charge is 2.65. The Morgan fingerprint density at radius 3 is 2.50 bits per heavy atom. The first kappa shape index (κ1) is 22.5. The molecule has 4 aromatic rings. The van der Waals surface area contributed by atoms with Gasteiger partial charge in [-0.15, -0.1) is 0 Å². The van der Waals surface area contributed by atoms with E-state index in [2.05, 4.69) is 20.1 Å². The fourth-order valence-corrected chi connectivity index (χ4v) is 4.46. The third kappa shape index (κ3) is 4.16. The quantitative estimate of drug-likeness (QED) is 0.370. The molecule has 1 aliphatic rings. The molecule has 9 nitrogen and oxygen atoms in total. The predicted octanol–water partition coefficient (Wildman–Crippen LogP) is 4.46. The Morgan fingerprint density at radius 2 is 1.79 bits per heavy atom. The number of hydrogen-bond donors (Lipinski definition) is 0. The number of imidazole rings is 1. The minimum Gasteiger partial charge on any atom is -0.373 e. The summed E-state index contributed by atoms with van der Waals surface area (Å²) in [6.45, 7) is 0.141. The zero-order valence-corrected chi connectivity index (χ0v) is 18.3. The Balaban J connectivity index is 1.29. The summed E-state index contributed by atoms with van der Waals surface area (Å²) < 4.78 is 78.3. The largest absolute Gasteiger partial charge is 0.373 e. The van der Waals surface area contributed by atoms with Crippen molar-refractivity contribution in [3.05, 3.63) is 64.6 Å².